The number of hydrogen-bond donors (Lipinski definition) is 1. The van der Waals surface area contributed by atoms with Crippen molar-refractivity contribution in [1.82, 2.24) is 5.32 Å². The van der Waals surface area contributed by atoms with Crippen molar-refractivity contribution in [1.29, 1.82) is 0 Å². The van der Waals surface area contributed by atoms with Crippen LogP contribution in [0.15, 0.2) is 42.5 Å². The topological polar surface area (TPSA) is 75.7 Å². The number of carbonyl (C=O) groups excluding carboxylic acids is 1. The average molecular weight is 419 g/mol. The van der Waals surface area contributed by atoms with Gasteiger partial charge in [-0.1, -0.05) is 30.7 Å². The molecule has 6 nitrogen and oxygen atoms in total. The maximum absolute atomic E-state index is 12.6. The number of rotatable bonds is 9. The van der Waals surface area contributed by atoms with E-state index in [0.717, 1.165) is 33.7 Å². The molecule has 0 aliphatic rings. The SMILES string of the molecule is CCCOc1ccc(N(CC(=O)N[C@H](C)c2ccc(C)cc2C)S(C)(=O)=O)cc1. The third kappa shape index (κ3) is 6.49. The minimum absolute atomic E-state index is 0.227. The Bertz CT molecular complexity index is 940. The lowest BCUT2D eigenvalue weighted by Gasteiger charge is -2.24. The Morgan fingerprint density at radius 1 is 1.14 bits per heavy atom. The standard InChI is InChI=1S/C22H30N2O4S/c1-6-13-28-20-10-8-19(9-11-20)24(29(5,26)27)15-22(25)23-18(4)21-12-7-16(2)14-17(21)3/h7-12,14,18H,6,13,15H2,1-5H3,(H,23,25)/t18-/m1/s1. The van der Waals surface area contributed by atoms with E-state index < -0.39 is 10.0 Å². The molecule has 0 spiro atoms. The molecule has 0 heterocycles. The van der Waals surface area contributed by atoms with Crippen LogP contribution < -0.4 is 14.4 Å². The van der Waals surface area contributed by atoms with E-state index in [-0.39, 0.29) is 18.5 Å². The molecule has 0 aromatic heterocycles. The number of hydrogen-bond acceptors (Lipinski definition) is 4. The van der Waals surface area contributed by atoms with Gasteiger partial charge in [-0.05, 0) is 62.6 Å². The van der Waals surface area contributed by atoms with Crippen molar-refractivity contribution in [3.05, 3.63) is 59.2 Å². The zero-order chi connectivity index (χ0) is 21.6. The number of benzene rings is 2. The lowest BCUT2D eigenvalue weighted by Crippen LogP contribution is -2.41. The highest BCUT2D eigenvalue weighted by molar-refractivity contribution is 7.92. The van der Waals surface area contributed by atoms with Gasteiger partial charge in [-0.2, -0.15) is 0 Å². The first-order chi connectivity index (χ1) is 13.6. The number of anilines is 1. The van der Waals surface area contributed by atoms with Crippen LogP contribution >= 0.6 is 0 Å². The first kappa shape index (κ1) is 22.7. The van der Waals surface area contributed by atoms with Gasteiger partial charge < -0.3 is 10.1 Å². The van der Waals surface area contributed by atoms with Gasteiger partial charge >= 0.3 is 0 Å². The van der Waals surface area contributed by atoms with Gasteiger partial charge in [0.15, 0.2) is 0 Å². The van der Waals surface area contributed by atoms with E-state index in [4.69, 9.17) is 4.74 Å². The highest BCUT2D eigenvalue weighted by atomic mass is 32.2. The Labute approximate surface area is 173 Å². The van der Waals surface area contributed by atoms with Crippen LogP contribution in [-0.4, -0.2) is 33.7 Å². The highest BCUT2D eigenvalue weighted by Crippen LogP contribution is 2.22. The molecule has 0 saturated heterocycles. The lowest BCUT2D eigenvalue weighted by atomic mass is 10.0. The predicted molar refractivity (Wildman–Crippen MR) is 117 cm³/mol. The van der Waals surface area contributed by atoms with Crippen molar-refractivity contribution >= 4 is 21.6 Å². The van der Waals surface area contributed by atoms with Gasteiger partial charge in [0, 0.05) is 0 Å². The van der Waals surface area contributed by atoms with Gasteiger partial charge in [-0.15, -0.1) is 0 Å². The first-order valence-corrected chi connectivity index (χ1v) is 11.5. The van der Waals surface area contributed by atoms with Crippen LogP contribution in [0.5, 0.6) is 5.75 Å². The molecule has 0 saturated carbocycles. The summed E-state index contributed by atoms with van der Waals surface area (Å²) in [4.78, 5) is 12.6. The summed E-state index contributed by atoms with van der Waals surface area (Å²) in [6, 6.07) is 12.5. The second-order valence-corrected chi connectivity index (χ2v) is 9.17. The lowest BCUT2D eigenvalue weighted by molar-refractivity contribution is -0.120. The molecule has 0 unspecified atom stereocenters. The van der Waals surface area contributed by atoms with Crippen LogP contribution in [0.2, 0.25) is 0 Å². The van der Waals surface area contributed by atoms with E-state index in [1.54, 1.807) is 24.3 Å². The van der Waals surface area contributed by atoms with E-state index in [9.17, 15) is 13.2 Å². The van der Waals surface area contributed by atoms with Crippen LogP contribution in [0.4, 0.5) is 5.69 Å². The minimum atomic E-state index is -3.63. The average Bonchev–Trinajstić information content (AvgIpc) is 2.64. The summed E-state index contributed by atoms with van der Waals surface area (Å²) in [5.41, 5.74) is 3.66. The van der Waals surface area contributed by atoms with Gasteiger partial charge in [0.2, 0.25) is 15.9 Å². The fourth-order valence-electron chi connectivity index (χ4n) is 3.14. The van der Waals surface area contributed by atoms with E-state index in [1.165, 1.54) is 0 Å². The predicted octanol–water partition coefficient (Wildman–Crippen LogP) is 3.74. The number of carbonyl (C=O) groups is 1. The van der Waals surface area contributed by atoms with Crippen molar-refractivity contribution in [2.45, 2.75) is 40.2 Å². The van der Waals surface area contributed by atoms with Gasteiger partial charge in [0.1, 0.15) is 12.3 Å². The molecule has 2 aromatic rings. The highest BCUT2D eigenvalue weighted by Gasteiger charge is 2.22. The van der Waals surface area contributed by atoms with E-state index in [1.807, 2.05) is 39.8 Å². The van der Waals surface area contributed by atoms with Crippen LogP contribution in [0.3, 0.4) is 0 Å². The number of amides is 1. The van der Waals surface area contributed by atoms with Crippen molar-refractivity contribution in [3.8, 4) is 5.75 Å². The Morgan fingerprint density at radius 2 is 1.79 bits per heavy atom. The molecular weight excluding hydrogens is 388 g/mol. The van der Waals surface area contributed by atoms with Gasteiger partial charge in [-0.3, -0.25) is 9.10 Å². The summed E-state index contributed by atoms with van der Waals surface area (Å²) >= 11 is 0. The summed E-state index contributed by atoms with van der Waals surface area (Å²) in [5, 5.41) is 2.90. The summed E-state index contributed by atoms with van der Waals surface area (Å²) in [7, 11) is -3.63. The third-order valence-corrected chi connectivity index (χ3v) is 5.69. The van der Waals surface area contributed by atoms with E-state index in [2.05, 4.69) is 11.4 Å². The van der Waals surface area contributed by atoms with E-state index in [0.29, 0.717) is 18.0 Å². The summed E-state index contributed by atoms with van der Waals surface area (Å²) < 4.78 is 31.2. The minimum Gasteiger partial charge on any atom is -0.494 e. The molecule has 1 amide bonds. The quantitative estimate of drug-likeness (QED) is 0.673. The fraction of sp³-hybridized carbons (Fsp3) is 0.409. The van der Waals surface area contributed by atoms with Gasteiger partial charge in [-0.25, -0.2) is 8.42 Å². The Morgan fingerprint density at radius 3 is 2.34 bits per heavy atom. The molecule has 2 rings (SSSR count). The molecule has 0 radical (unpaired) electrons. The molecule has 0 bridgehead atoms. The van der Waals surface area contributed by atoms with Crippen LogP contribution in [0.1, 0.15) is 43.0 Å². The van der Waals surface area contributed by atoms with Crippen molar-refractivity contribution < 1.29 is 17.9 Å². The van der Waals surface area contributed by atoms with Crippen LogP contribution in [-0.2, 0) is 14.8 Å². The molecule has 1 N–H and O–H groups in total. The Kier molecular flexibility index (Phi) is 7.67. The van der Waals surface area contributed by atoms with Crippen molar-refractivity contribution in [3.63, 3.8) is 0 Å². The summed E-state index contributed by atoms with van der Waals surface area (Å²) in [6.07, 6.45) is 1.98. The molecule has 0 aliphatic carbocycles. The zero-order valence-electron chi connectivity index (χ0n) is 17.7. The van der Waals surface area contributed by atoms with E-state index >= 15 is 0 Å². The monoisotopic (exact) mass is 418 g/mol. The van der Waals surface area contributed by atoms with Gasteiger partial charge in [0.05, 0.1) is 24.6 Å². The molecule has 29 heavy (non-hydrogen) atoms. The molecule has 7 heteroatoms. The molecule has 2 aromatic carbocycles. The molecule has 1 atom stereocenters. The second-order valence-electron chi connectivity index (χ2n) is 7.26. The van der Waals surface area contributed by atoms with Crippen LogP contribution in [0, 0.1) is 13.8 Å². The maximum atomic E-state index is 12.6. The van der Waals surface area contributed by atoms with Crippen molar-refractivity contribution in [2.75, 3.05) is 23.7 Å². The summed E-state index contributed by atoms with van der Waals surface area (Å²) in [6.45, 7) is 8.22. The smallest absolute Gasteiger partial charge is 0.241 e. The molecule has 158 valence electrons. The number of aryl methyl sites for hydroxylation is 2. The maximum Gasteiger partial charge on any atom is 0.241 e. The van der Waals surface area contributed by atoms with Gasteiger partial charge in [0.25, 0.3) is 0 Å². The molecular formula is C22H30N2O4S. The fourth-order valence-corrected chi connectivity index (χ4v) is 3.99. The molecule has 0 fully saturated rings. The Balaban J connectivity index is 2.12. The normalized spacial score (nSPS) is 12.3. The Hall–Kier alpha value is -2.54. The number of sulfonamides is 1. The van der Waals surface area contributed by atoms with Crippen molar-refractivity contribution in [2.24, 2.45) is 0 Å². The number of ether oxygens (including phenoxy) is 1. The summed E-state index contributed by atoms with van der Waals surface area (Å²) in [5.74, 6) is 0.297. The number of nitrogens with one attached hydrogen (secondary N) is 1. The molecule has 0 aliphatic heterocycles. The van der Waals surface area contributed by atoms with Crippen LogP contribution in [0.25, 0.3) is 0 Å². The third-order valence-electron chi connectivity index (χ3n) is 4.55. The first-order valence-electron chi connectivity index (χ1n) is 9.69. The second kappa shape index (κ2) is 9.78. The zero-order valence-corrected chi connectivity index (χ0v) is 18.5. The largest absolute Gasteiger partial charge is 0.494 e. The number of nitrogens with zero attached hydrogens (tertiary/aromatic N) is 1.